The lowest BCUT2D eigenvalue weighted by molar-refractivity contribution is -0.130. The van der Waals surface area contributed by atoms with Gasteiger partial charge in [-0.1, -0.05) is 26.0 Å². The van der Waals surface area contributed by atoms with E-state index in [0.717, 1.165) is 12.0 Å². The highest BCUT2D eigenvalue weighted by atomic mass is 16.5. The van der Waals surface area contributed by atoms with Crippen molar-refractivity contribution in [1.82, 2.24) is 10.2 Å². The number of benzene rings is 1. The second-order valence-corrected chi connectivity index (χ2v) is 6.24. The van der Waals surface area contributed by atoms with Gasteiger partial charge in [-0.15, -0.1) is 0 Å². The van der Waals surface area contributed by atoms with Crippen molar-refractivity contribution < 1.29 is 19.1 Å². The van der Waals surface area contributed by atoms with Crippen LogP contribution >= 0.6 is 0 Å². The standard InChI is InChI=1S/C19H28N2O4/c1-5-10-20-19(23)15-12-21(17(22)6-2)11-14(15)13-8-7-9-16(24-3)18(13)25-4/h7-9,14-15H,5-6,10-12H2,1-4H3,(H,20,23). The molecule has 1 heterocycles. The van der Waals surface area contributed by atoms with E-state index in [1.54, 1.807) is 19.1 Å². The van der Waals surface area contributed by atoms with Gasteiger partial charge in [0.2, 0.25) is 11.8 Å². The minimum Gasteiger partial charge on any atom is -0.493 e. The normalized spacial score (nSPS) is 19.6. The number of hydrogen-bond acceptors (Lipinski definition) is 4. The molecule has 0 bridgehead atoms. The Labute approximate surface area is 149 Å². The van der Waals surface area contributed by atoms with E-state index in [9.17, 15) is 9.59 Å². The maximum Gasteiger partial charge on any atom is 0.225 e. The Morgan fingerprint density at radius 1 is 1.20 bits per heavy atom. The van der Waals surface area contributed by atoms with Gasteiger partial charge in [-0.2, -0.15) is 0 Å². The molecule has 2 atom stereocenters. The van der Waals surface area contributed by atoms with Crippen molar-refractivity contribution >= 4 is 11.8 Å². The average molecular weight is 348 g/mol. The molecule has 0 saturated carbocycles. The zero-order chi connectivity index (χ0) is 18.4. The summed E-state index contributed by atoms with van der Waals surface area (Å²) in [5.74, 6) is 0.920. The fraction of sp³-hybridized carbons (Fsp3) is 0.579. The van der Waals surface area contributed by atoms with Crippen LogP contribution in [0.5, 0.6) is 11.5 Å². The lowest BCUT2D eigenvalue weighted by Crippen LogP contribution is -2.35. The maximum atomic E-state index is 12.7. The number of rotatable bonds is 7. The Hall–Kier alpha value is -2.24. The molecule has 2 rings (SSSR count). The number of carbonyl (C=O) groups is 2. The van der Waals surface area contributed by atoms with Crippen LogP contribution in [0, 0.1) is 5.92 Å². The van der Waals surface area contributed by atoms with Crippen molar-refractivity contribution in [2.75, 3.05) is 33.9 Å². The molecule has 6 nitrogen and oxygen atoms in total. The van der Waals surface area contributed by atoms with Gasteiger partial charge in [0.05, 0.1) is 20.1 Å². The van der Waals surface area contributed by atoms with Crippen LogP contribution in [0.1, 0.15) is 38.2 Å². The third-order valence-corrected chi connectivity index (χ3v) is 4.69. The molecular weight excluding hydrogens is 320 g/mol. The van der Waals surface area contributed by atoms with Crippen molar-refractivity contribution in [2.24, 2.45) is 5.92 Å². The molecule has 1 N–H and O–H groups in total. The van der Waals surface area contributed by atoms with Gasteiger partial charge in [0.15, 0.2) is 11.5 Å². The van der Waals surface area contributed by atoms with Gasteiger partial charge < -0.3 is 19.7 Å². The van der Waals surface area contributed by atoms with Gasteiger partial charge in [0.1, 0.15) is 0 Å². The van der Waals surface area contributed by atoms with Gasteiger partial charge in [0, 0.05) is 37.5 Å². The van der Waals surface area contributed by atoms with Crippen LogP contribution in [0.25, 0.3) is 0 Å². The average Bonchev–Trinajstić information content (AvgIpc) is 3.09. The van der Waals surface area contributed by atoms with E-state index in [4.69, 9.17) is 9.47 Å². The first-order chi connectivity index (χ1) is 12.1. The van der Waals surface area contributed by atoms with Crippen LogP contribution in [0.15, 0.2) is 18.2 Å². The predicted octanol–water partition coefficient (Wildman–Crippen LogP) is 2.18. The number of methoxy groups -OCH3 is 2. The summed E-state index contributed by atoms with van der Waals surface area (Å²) in [5, 5.41) is 2.97. The summed E-state index contributed by atoms with van der Waals surface area (Å²) in [6.07, 6.45) is 1.31. The fourth-order valence-corrected chi connectivity index (χ4v) is 3.40. The summed E-state index contributed by atoms with van der Waals surface area (Å²) in [4.78, 5) is 26.6. The molecule has 1 aliphatic heterocycles. The number of amides is 2. The minimum absolute atomic E-state index is 0.0110. The molecule has 1 fully saturated rings. The number of para-hydroxylation sites is 1. The summed E-state index contributed by atoms with van der Waals surface area (Å²) >= 11 is 0. The van der Waals surface area contributed by atoms with Crippen LogP contribution in [0.4, 0.5) is 0 Å². The number of ether oxygens (including phenoxy) is 2. The molecule has 6 heteroatoms. The second kappa shape index (κ2) is 8.74. The number of hydrogen-bond donors (Lipinski definition) is 1. The maximum absolute atomic E-state index is 12.7. The van der Waals surface area contributed by atoms with Crippen molar-refractivity contribution in [3.05, 3.63) is 23.8 Å². The molecular formula is C19H28N2O4. The third kappa shape index (κ3) is 4.06. The van der Waals surface area contributed by atoms with Crippen molar-refractivity contribution in [1.29, 1.82) is 0 Å². The fourth-order valence-electron chi connectivity index (χ4n) is 3.40. The molecule has 1 aromatic rings. The smallest absolute Gasteiger partial charge is 0.225 e. The molecule has 0 aromatic heterocycles. The molecule has 1 aliphatic rings. The lowest BCUT2D eigenvalue weighted by atomic mass is 9.87. The molecule has 2 amide bonds. The monoisotopic (exact) mass is 348 g/mol. The number of carbonyl (C=O) groups excluding carboxylic acids is 2. The molecule has 2 unspecified atom stereocenters. The number of likely N-dealkylation sites (tertiary alicyclic amines) is 1. The second-order valence-electron chi connectivity index (χ2n) is 6.24. The summed E-state index contributed by atoms with van der Waals surface area (Å²) in [6, 6.07) is 5.67. The van der Waals surface area contributed by atoms with E-state index in [2.05, 4.69) is 5.32 Å². The van der Waals surface area contributed by atoms with Gasteiger partial charge in [-0.05, 0) is 12.5 Å². The zero-order valence-electron chi connectivity index (χ0n) is 15.5. The summed E-state index contributed by atoms with van der Waals surface area (Å²) in [6.45, 7) is 5.45. The SMILES string of the molecule is CCCNC(=O)C1CN(C(=O)CC)CC1c1cccc(OC)c1OC. The quantitative estimate of drug-likeness (QED) is 0.820. The Morgan fingerprint density at radius 2 is 1.96 bits per heavy atom. The minimum atomic E-state index is -0.289. The summed E-state index contributed by atoms with van der Waals surface area (Å²) in [7, 11) is 3.19. The molecule has 0 aliphatic carbocycles. The highest BCUT2D eigenvalue weighted by molar-refractivity contribution is 5.83. The highest BCUT2D eigenvalue weighted by Gasteiger charge is 2.41. The van der Waals surface area contributed by atoms with Crippen LogP contribution in [0.3, 0.4) is 0 Å². The van der Waals surface area contributed by atoms with Crippen LogP contribution in [-0.4, -0.2) is 50.6 Å². The van der Waals surface area contributed by atoms with Crippen LogP contribution in [0.2, 0.25) is 0 Å². The van der Waals surface area contributed by atoms with E-state index < -0.39 is 0 Å². The molecule has 1 saturated heterocycles. The molecule has 138 valence electrons. The molecule has 25 heavy (non-hydrogen) atoms. The van der Waals surface area contributed by atoms with Crippen molar-refractivity contribution in [3.8, 4) is 11.5 Å². The van der Waals surface area contributed by atoms with Gasteiger partial charge >= 0.3 is 0 Å². The van der Waals surface area contributed by atoms with E-state index in [-0.39, 0.29) is 23.7 Å². The van der Waals surface area contributed by atoms with Crippen molar-refractivity contribution in [2.45, 2.75) is 32.6 Å². The largest absolute Gasteiger partial charge is 0.493 e. The highest BCUT2D eigenvalue weighted by Crippen LogP contribution is 2.42. The van der Waals surface area contributed by atoms with Gasteiger partial charge in [-0.3, -0.25) is 9.59 Å². The van der Waals surface area contributed by atoms with Gasteiger partial charge in [0.25, 0.3) is 0 Å². The molecule has 0 spiro atoms. The Kier molecular flexibility index (Phi) is 6.67. The van der Waals surface area contributed by atoms with Crippen LogP contribution < -0.4 is 14.8 Å². The van der Waals surface area contributed by atoms with E-state index in [1.807, 2.05) is 32.0 Å². The Balaban J connectivity index is 2.37. The first-order valence-electron chi connectivity index (χ1n) is 8.83. The predicted molar refractivity (Wildman–Crippen MR) is 95.9 cm³/mol. The van der Waals surface area contributed by atoms with Crippen molar-refractivity contribution in [3.63, 3.8) is 0 Å². The van der Waals surface area contributed by atoms with Crippen LogP contribution in [-0.2, 0) is 9.59 Å². The first-order valence-corrected chi connectivity index (χ1v) is 8.83. The van der Waals surface area contributed by atoms with Gasteiger partial charge in [-0.25, -0.2) is 0 Å². The van der Waals surface area contributed by atoms with E-state index in [1.165, 1.54) is 0 Å². The number of nitrogens with zero attached hydrogens (tertiary/aromatic N) is 1. The lowest BCUT2D eigenvalue weighted by Gasteiger charge is -2.21. The van der Waals surface area contributed by atoms with E-state index in [0.29, 0.717) is 37.6 Å². The zero-order valence-corrected chi connectivity index (χ0v) is 15.5. The summed E-state index contributed by atoms with van der Waals surface area (Å²) < 4.78 is 10.9. The topological polar surface area (TPSA) is 67.9 Å². The Bertz CT molecular complexity index is 617. The van der Waals surface area contributed by atoms with E-state index >= 15 is 0 Å². The molecule has 1 aromatic carbocycles. The molecule has 0 radical (unpaired) electrons. The number of nitrogens with one attached hydrogen (secondary N) is 1. The first kappa shape index (κ1) is 19.1. The Morgan fingerprint density at radius 3 is 2.56 bits per heavy atom. The summed E-state index contributed by atoms with van der Waals surface area (Å²) in [5.41, 5.74) is 0.907. The third-order valence-electron chi connectivity index (χ3n) is 4.69.